The predicted octanol–water partition coefficient (Wildman–Crippen LogP) is 2.84. The third-order valence-corrected chi connectivity index (χ3v) is 7.61. The maximum atomic E-state index is 13.3. The molecule has 154 valence electrons. The highest BCUT2D eigenvalue weighted by molar-refractivity contribution is 7.89. The lowest BCUT2D eigenvalue weighted by Crippen LogP contribution is -2.55. The van der Waals surface area contributed by atoms with E-state index in [0.717, 1.165) is 11.0 Å². The van der Waals surface area contributed by atoms with Crippen LogP contribution in [0.15, 0.2) is 64.4 Å². The number of nitrogens with zero attached hydrogens (tertiary/aromatic N) is 3. The minimum absolute atomic E-state index is 0.113. The van der Waals surface area contributed by atoms with Gasteiger partial charge in [0.15, 0.2) is 0 Å². The van der Waals surface area contributed by atoms with Crippen molar-refractivity contribution >= 4 is 37.9 Å². The zero-order valence-electron chi connectivity index (χ0n) is 16.3. The third kappa shape index (κ3) is 2.98. The van der Waals surface area contributed by atoms with Crippen LogP contribution < -0.4 is 0 Å². The van der Waals surface area contributed by atoms with Gasteiger partial charge in [-0.15, -0.1) is 0 Å². The quantitative estimate of drug-likeness (QED) is 0.545. The van der Waals surface area contributed by atoms with E-state index in [2.05, 4.69) is 9.97 Å². The predicted molar refractivity (Wildman–Crippen MR) is 112 cm³/mol. The van der Waals surface area contributed by atoms with E-state index in [-0.39, 0.29) is 23.4 Å². The zero-order chi connectivity index (χ0) is 20.9. The van der Waals surface area contributed by atoms with E-state index in [1.165, 1.54) is 10.5 Å². The lowest BCUT2D eigenvalue weighted by Gasteiger charge is -2.38. The van der Waals surface area contributed by atoms with Crippen molar-refractivity contribution in [1.82, 2.24) is 19.2 Å². The van der Waals surface area contributed by atoms with Crippen molar-refractivity contribution in [3.05, 3.63) is 60.6 Å². The SMILES string of the molecule is C[C@@H]1CN(C(=O)c2ccc3occc3c2)CCN1S(=O)(=O)c1c[nH]c2ncccc12. The van der Waals surface area contributed by atoms with Crippen molar-refractivity contribution in [2.75, 3.05) is 19.6 Å². The van der Waals surface area contributed by atoms with E-state index < -0.39 is 10.0 Å². The fourth-order valence-corrected chi connectivity index (χ4v) is 5.80. The lowest BCUT2D eigenvalue weighted by atomic mass is 10.1. The number of fused-ring (bicyclic) bond motifs is 2. The average molecular weight is 424 g/mol. The summed E-state index contributed by atoms with van der Waals surface area (Å²) in [6.07, 6.45) is 4.69. The summed E-state index contributed by atoms with van der Waals surface area (Å²) in [5.41, 5.74) is 1.83. The summed E-state index contributed by atoms with van der Waals surface area (Å²) >= 11 is 0. The van der Waals surface area contributed by atoms with Crippen LogP contribution in [0.3, 0.4) is 0 Å². The fourth-order valence-electron chi connectivity index (χ4n) is 4.04. The summed E-state index contributed by atoms with van der Waals surface area (Å²) in [7, 11) is -3.72. The molecular weight excluding hydrogens is 404 g/mol. The minimum Gasteiger partial charge on any atom is -0.464 e. The first-order valence-electron chi connectivity index (χ1n) is 9.65. The molecule has 1 aliphatic heterocycles. The highest BCUT2D eigenvalue weighted by atomic mass is 32.2. The van der Waals surface area contributed by atoms with Crippen LogP contribution in [0.4, 0.5) is 0 Å². The van der Waals surface area contributed by atoms with E-state index in [0.29, 0.717) is 29.7 Å². The van der Waals surface area contributed by atoms with Crippen LogP contribution in [0.1, 0.15) is 17.3 Å². The largest absolute Gasteiger partial charge is 0.464 e. The number of hydrogen-bond acceptors (Lipinski definition) is 5. The number of hydrogen-bond donors (Lipinski definition) is 1. The second kappa shape index (κ2) is 6.96. The molecule has 5 rings (SSSR count). The smallest absolute Gasteiger partial charge is 0.253 e. The van der Waals surface area contributed by atoms with Gasteiger partial charge in [0, 0.05) is 54.4 Å². The number of aromatic amines is 1. The number of H-pyrrole nitrogens is 1. The Morgan fingerprint density at radius 2 is 2.10 bits per heavy atom. The van der Waals surface area contributed by atoms with Gasteiger partial charge in [0.05, 0.1) is 6.26 Å². The number of benzene rings is 1. The molecular formula is C21H20N4O4S. The molecule has 1 N–H and O–H groups in total. The van der Waals surface area contributed by atoms with Crippen LogP contribution in [0, 0.1) is 0 Å². The summed E-state index contributed by atoms with van der Waals surface area (Å²) in [6, 6.07) is 10.2. The summed E-state index contributed by atoms with van der Waals surface area (Å²) in [5, 5.41) is 1.43. The molecule has 1 aliphatic rings. The second-order valence-corrected chi connectivity index (χ2v) is 9.30. The molecule has 0 spiro atoms. The van der Waals surface area contributed by atoms with Crippen molar-refractivity contribution in [1.29, 1.82) is 0 Å². The number of aromatic nitrogens is 2. The summed E-state index contributed by atoms with van der Waals surface area (Å²) in [5.74, 6) is -0.113. The topological polar surface area (TPSA) is 99.5 Å². The number of furan rings is 1. The van der Waals surface area contributed by atoms with E-state index in [4.69, 9.17) is 4.42 Å². The van der Waals surface area contributed by atoms with Gasteiger partial charge >= 0.3 is 0 Å². The second-order valence-electron chi connectivity index (χ2n) is 7.44. The van der Waals surface area contributed by atoms with Crippen molar-refractivity contribution in [2.45, 2.75) is 17.9 Å². The molecule has 1 aromatic carbocycles. The van der Waals surface area contributed by atoms with Crippen LogP contribution >= 0.6 is 0 Å². The maximum Gasteiger partial charge on any atom is 0.253 e. The highest BCUT2D eigenvalue weighted by Crippen LogP contribution is 2.28. The Hall–Kier alpha value is -3.17. The number of sulfonamides is 1. The third-order valence-electron chi connectivity index (χ3n) is 5.55. The van der Waals surface area contributed by atoms with Crippen LogP contribution in [-0.4, -0.2) is 59.2 Å². The number of pyridine rings is 1. The molecule has 0 aliphatic carbocycles. The number of amides is 1. The summed E-state index contributed by atoms with van der Waals surface area (Å²) in [4.78, 5) is 22.0. The minimum atomic E-state index is -3.72. The monoisotopic (exact) mass is 424 g/mol. The molecule has 9 heteroatoms. The molecule has 1 saturated heterocycles. The Morgan fingerprint density at radius 3 is 2.93 bits per heavy atom. The van der Waals surface area contributed by atoms with Crippen LogP contribution in [0.5, 0.6) is 0 Å². The van der Waals surface area contributed by atoms with Crippen LogP contribution in [0.25, 0.3) is 22.0 Å². The molecule has 4 aromatic rings. The molecule has 0 unspecified atom stereocenters. The average Bonchev–Trinajstić information content (AvgIpc) is 3.39. The van der Waals surface area contributed by atoms with E-state index in [1.807, 2.05) is 13.0 Å². The molecule has 0 bridgehead atoms. The molecule has 30 heavy (non-hydrogen) atoms. The first kappa shape index (κ1) is 18.8. The van der Waals surface area contributed by atoms with Gasteiger partial charge in [-0.2, -0.15) is 4.31 Å². The van der Waals surface area contributed by atoms with Gasteiger partial charge in [-0.25, -0.2) is 13.4 Å². The number of carbonyl (C=O) groups is 1. The van der Waals surface area contributed by atoms with Gasteiger partial charge in [-0.05, 0) is 43.3 Å². The van der Waals surface area contributed by atoms with Crippen molar-refractivity contribution in [2.24, 2.45) is 0 Å². The van der Waals surface area contributed by atoms with E-state index in [1.54, 1.807) is 47.7 Å². The number of nitrogens with one attached hydrogen (secondary N) is 1. The maximum absolute atomic E-state index is 13.3. The molecule has 0 saturated carbocycles. The van der Waals surface area contributed by atoms with Gasteiger partial charge in [0.25, 0.3) is 5.91 Å². The Kier molecular flexibility index (Phi) is 4.37. The standard InChI is InChI=1S/C21H20N4O4S/c1-14-13-24(21(26)16-4-5-18-15(11-16)6-10-29-18)8-9-25(14)30(27,28)19-12-23-20-17(19)3-2-7-22-20/h2-7,10-12,14H,8-9,13H2,1H3,(H,22,23)/t14-/m1/s1. The first-order chi connectivity index (χ1) is 14.4. The Balaban J connectivity index is 1.38. The Labute approximate surface area is 173 Å². The van der Waals surface area contributed by atoms with Crippen molar-refractivity contribution < 1.29 is 17.6 Å². The molecule has 4 heterocycles. The molecule has 8 nitrogen and oxygen atoms in total. The normalized spacial score (nSPS) is 18.3. The van der Waals surface area contributed by atoms with Crippen molar-refractivity contribution in [3.63, 3.8) is 0 Å². The number of piperazine rings is 1. The van der Waals surface area contributed by atoms with Gasteiger partial charge in [0.2, 0.25) is 10.0 Å². The first-order valence-corrected chi connectivity index (χ1v) is 11.1. The lowest BCUT2D eigenvalue weighted by molar-refractivity contribution is 0.0642. The molecule has 0 radical (unpaired) electrons. The number of rotatable bonds is 3. The van der Waals surface area contributed by atoms with E-state index in [9.17, 15) is 13.2 Å². The fraction of sp³-hybridized carbons (Fsp3) is 0.238. The van der Waals surface area contributed by atoms with Gasteiger partial charge in [0.1, 0.15) is 16.1 Å². The van der Waals surface area contributed by atoms with Crippen molar-refractivity contribution in [3.8, 4) is 0 Å². The molecule has 1 fully saturated rings. The Bertz CT molecular complexity index is 1360. The highest BCUT2D eigenvalue weighted by Gasteiger charge is 2.36. The zero-order valence-corrected chi connectivity index (χ0v) is 17.1. The molecule has 1 atom stereocenters. The molecule has 1 amide bonds. The summed E-state index contributed by atoms with van der Waals surface area (Å²) in [6.45, 7) is 2.70. The van der Waals surface area contributed by atoms with Gasteiger partial charge in [-0.3, -0.25) is 4.79 Å². The van der Waals surface area contributed by atoms with Crippen LogP contribution in [0.2, 0.25) is 0 Å². The summed E-state index contributed by atoms with van der Waals surface area (Å²) < 4.78 is 33.4. The number of carbonyl (C=O) groups excluding carboxylic acids is 1. The Morgan fingerprint density at radius 1 is 1.23 bits per heavy atom. The van der Waals surface area contributed by atoms with Crippen LogP contribution in [-0.2, 0) is 10.0 Å². The van der Waals surface area contributed by atoms with Gasteiger partial charge < -0.3 is 14.3 Å². The van der Waals surface area contributed by atoms with Gasteiger partial charge in [-0.1, -0.05) is 0 Å². The molecule has 3 aromatic heterocycles. The van der Waals surface area contributed by atoms with E-state index >= 15 is 0 Å².